The summed E-state index contributed by atoms with van der Waals surface area (Å²) < 4.78 is 6.83. The molecular formula is C19H27N7O3. The number of ether oxygens (including phenoxy) is 1. The second-order valence-corrected chi connectivity index (χ2v) is 7.63. The third-order valence-electron chi connectivity index (χ3n) is 6.02. The molecular weight excluding hydrogens is 374 g/mol. The fourth-order valence-corrected chi connectivity index (χ4v) is 4.57. The second-order valence-electron chi connectivity index (χ2n) is 7.63. The molecule has 1 fully saturated rings. The number of aromatic amines is 1. The number of hydrogen-bond donors (Lipinski definition) is 1. The number of H-pyrrole nitrogens is 1. The van der Waals surface area contributed by atoms with E-state index in [0.717, 1.165) is 24.2 Å². The van der Waals surface area contributed by atoms with E-state index < -0.39 is 5.54 Å². The van der Waals surface area contributed by atoms with Crippen molar-refractivity contribution in [1.29, 1.82) is 0 Å². The molecule has 0 aliphatic carbocycles. The number of likely N-dealkylation sites (tertiary alicyclic amines) is 1. The van der Waals surface area contributed by atoms with Crippen molar-refractivity contribution in [2.75, 3.05) is 33.4 Å². The van der Waals surface area contributed by atoms with E-state index in [0.29, 0.717) is 45.4 Å². The van der Waals surface area contributed by atoms with Gasteiger partial charge in [-0.3, -0.25) is 14.3 Å². The van der Waals surface area contributed by atoms with Crippen LogP contribution in [0.4, 0.5) is 0 Å². The Labute approximate surface area is 169 Å². The highest BCUT2D eigenvalue weighted by atomic mass is 16.5. The molecule has 2 aromatic heterocycles. The van der Waals surface area contributed by atoms with E-state index in [2.05, 4.69) is 20.1 Å². The molecule has 0 unspecified atom stereocenters. The lowest BCUT2D eigenvalue weighted by atomic mass is 9.78. The minimum Gasteiger partial charge on any atom is -0.375 e. The minimum atomic E-state index is -0.458. The monoisotopic (exact) mass is 401 g/mol. The zero-order valence-corrected chi connectivity index (χ0v) is 16.7. The third kappa shape index (κ3) is 3.76. The normalized spacial score (nSPS) is 18.1. The van der Waals surface area contributed by atoms with Gasteiger partial charge in [-0.25, -0.2) is 9.97 Å². The van der Waals surface area contributed by atoms with E-state index in [9.17, 15) is 9.59 Å². The van der Waals surface area contributed by atoms with Crippen LogP contribution in [-0.4, -0.2) is 79.7 Å². The first-order chi connectivity index (χ1) is 14.1. The maximum Gasteiger partial charge on any atom is 0.249 e. The Morgan fingerprint density at radius 1 is 1.24 bits per heavy atom. The molecule has 156 valence electrons. The molecule has 2 aromatic rings. The summed E-state index contributed by atoms with van der Waals surface area (Å²) in [6.07, 6.45) is 8.21. The van der Waals surface area contributed by atoms with Crippen LogP contribution in [0, 0.1) is 0 Å². The Morgan fingerprint density at radius 2 is 2.07 bits per heavy atom. The van der Waals surface area contributed by atoms with E-state index in [1.54, 1.807) is 17.3 Å². The van der Waals surface area contributed by atoms with Gasteiger partial charge in [0.05, 0.1) is 17.6 Å². The largest absolute Gasteiger partial charge is 0.375 e. The van der Waals surface area contributed by atoms with E-state index in [1.165, 1.54) is 13.4 Å². The molecule has 10 nitrogen and oxygen atoms in total. The van der Waals surface area contributed by atoms with Crippen molar-refractivity contribution < 1.29 is 14.3 Å². The van der Waals surface area contributed by atoms with Crippen molar-refractivity contribution in [2.24, 2.45) is 0 Å². The average Bonchev–Trinajstić information content (AvgIpc) is 3.41. The Morgan fingerprint density at radius 3 is 2.79 bits per heavy atom. The number of carbonyl (C=O) groups is 2. The van der Waals surface area contributed by atoms with E-state index >= 15 is 0 Å². The predicted octanol–water partition coefficient (Wildman–Crippen LogP) is 0.330. The number of aryl methyl sites for hydroxylation is 1. The highest BCUT2D eigenvalue weighted by Crippen LogP contribution is 2.42. The smallest absolute Gasteiger partial charge is 0.249 e. The maximum absolute atomic E-state index is 12.7. The number of nitrogens with zero attached hydrogens (tertiary/aromatic N) is 6. The van der Waals surface area contributed by atoms with Gasteiger partial charge in [0.25, 0.3) is 0 Å². The molecule has 1 N–H and O–H groups in total. The van der Waals surface area contributed by atoms with E-state index in [1.807, 2.05) is 9.80 Å². The van der Waals surface area contributed by atoms with Gasteiger partial charge in [0.2, 0.25) is 11.8 Å². The van der Waals surface area contributed by atoms with Gasteiger partial charge < -0.3 is 19.5 Å². The molecule has 4 rings (SSSR count). The van der Waals surface area contributed by atoms with Gasteiger partial charge >= 0.3 is 0 Å². The van der Waals surface area contributed by atoms with E-state index in [4.69, 9.17) is 4.74 Å². The standard InChI is InChI=1S/C19H27N7O3/c1-29-11-17(28)26-8-4-15-18(22-13-21-15)19(26)5-9-24(10-6-19)16(27)3-2-7-25-14-20-12-23-25/h12-14H,2-11H2,1H3,(H,21,22). The fraction of sp³-hybridized carbons (Fsp3) is 0.632. The molecule has 0 radical (unpaired) electrons. The molecule has 0 atom stereocenters. The van der Waals surface area contributed by atoms with Crippen molar-refractivity contribution in [3.05, 3.63) is 30.4 Å². The number of amides is 2. The van der Waals surface area contributed by atoms with Gasteiger partial charge in [-0.15, -0.1) is 0 Å². The first-order valence-corrected chi connectivity index (χ1v) is 10.1. The molecule has 4 heterocycles. The summed E-state index contributed by atoms with van der Waals surface area (Å²) in [5.41, 5.74) is 1.59. The Balaban J connectivity index is 1.41. The zero-order valence-electron chi connectivity index (χ0n) is 16.7. The fourth-order valence-electron chi connectivity index (χ4n) is 4.57. The van der Waals surface area contributed by atoms with E-state index in [-0.39, 0.29) is 18.4 Å². The average molecular weight is 401 g/mol. The van der Waals surface area contributed by atoms with Crippen molar-refractivity contribution in [1.82, 2.24) is 34.5 Å². The number of hydrogen-bond acceptors (Lipinski definition) is 6. The summed E-state index contributed by atoms with van der Waals surface area (Å²) >= 11 is 0. The molecule has 2 aliphatic heterocycles. The number of methoxy groups -OCH3 is 1. The summed E-state index contributed by atoms with van der Waals surface area (Å²) in [7, 11) is 1.54. The summed E-state index contributed by atoms with van der Waals surface area (Å²) in [5, 5.41) is 4.06. The second kappa shape index (κ2) is 8.32. The molecule has 10 heteroatoms. The molecule has 29 heavy (non-hydrogen) atoms. The lowest BCUT2D eigenvalue weighted by Crippen LogP contribution is -2.59. The van der Waals surface area contributed by atoms with Gasteiger partial charge in [0.15, 0.2) is 0 Å². The highest BCUT2D eigenvalue weighted by molar-refractivity contribution is 5.79. The Hall–Kier alpha value is -2.75. The number of rotatable bonds is 6. The molecule has 0 saturated carbocycles. The summed E-state index contributed by atoms with van der Waals surface area (Å²) in [5.74, 6) is 0.126. The first kappa shape index (κ1) is 19.6. The van der Waals surface area contributed by atoms with Crippen molar-refractivity contribution in [3.63, 3.8) is 0 Å². The number of fused-ring (bicyclic) bond motifs is 2. The van der Waals surface area contributed by atoms with Gasteiger partial charge in [-0.2, -0.15) is 5.10 Å². The van der Waals surface area contributed by atoms with Crippen molar-refractivity contribution >= 4 is 11.8 Å². The van der Waals surface area contributed by atoms with Crippen molar-refractivity contribution in [2.45, 2.75) is 44.2 Å². The lowest BCUT2D eigenvalue weighted by molar-refractivity contribution is -0.147. The van der Waals surface area contributed by atoms with Crippen LogP contribution in [0.2, 0.25) is 0 Å². The van der Waals surface area contributed by atoms with Crippen molar-refractivity contribution in [3.8, 4) is 0 Å². The molecule has 1 saturated heterocycles. The van der Waals surface area contributed by atoms with Crippen LogP contribution in [0.3, 0.4) is 0 Å². The predicted molar refractivity (Wildman–Crippen MR) is 103 cm³/mol. The lowest BCUT2D eigenvalue weighted by Gasteiger charge is -2.50. The highest BCUT2D eigenvalue weighted by Gasteiger charge is 2.48. The quantitative estimate of drug-likeness (QED) is 0.747. The van der Waals surface area contributed by atoms with Crippen LogP contribution in [0.1, 0.15) is 37.1 Å². The topological polar surface area (TPSA) is 109 Å². The number of carbonyl (C=O) groups excluding carboxylic acids is 2. The van der Waals surface area contributed by atoms with Crippen LogP contribution in [0.5, 0.6) is 0 Å². The zero-order chi connectivity index (χ0) is 20.3. The van der Waals surface area contributed by atoms with Gasteiger partial charge in [0.1, 0.15) is 19.3 Å². The molecule has 1 spiro atoms. The van der Waals surface area contributed by atoms with Crippen LogP contribution < -0.4 is 0 Å². The summed E-state index contributed by atoms with van der Waals surface area (Å²) in [4.78, 5) is 40.9. The third-order valence-corrected chi connectivity index (χ3v) is 6.02. The molecule has 0 bridgehead atoms. The van der Waals surface area contributed by atoms with Crippen LogP contribution >= 0.6 is 0 Å². The van der Waals surface area contributed by atoms with Crippen LogP contribution in [0.15, 0.2) is 19.0 Å². The van der Waals surface area contributed by atoms with Gasteiger partial charge in [0, 0.05) is 51.8 Å². The number of aromatic nitrogens is 5. The number of nitrogens with one attached hydrogen (secondary N) is 1. The number of imidazole rings is 1. The van der Waals surface area contributed by atoms with Gasteiger partial charge in [-0.1, -0.05) is 0 Å². The Bertz CT molecular complexity index is 840. The summed E-state index contributed by atoms with van der Waals surface area (Å²) in [6.45, 7) is 2.62. The molecule has 0 aromatic carbocycles. The SMILES string of the molecule is COCC(=O)N1CCc2[nH]cnc2C12CCN(C(=O)CCCn1cncn1)CC2. The first-order valence-electron chi connectivity index (χ1n) is 10.1. The van der Waals surface area contributed by atoms with Gasteiger partial charge in [-0.05, 0) is 19.3 Å². The maximum atomic E-state index is 12.7. The van der Waals surface area contributed by atoms with Crippen LogP contribution in [-0.2, 0) is 32.8 Å². The summed E-state index contributed by atoms with van der Waals surface area (Å²) in [6, 6.07) is 0. The molecule has 2 amide bonds. The minimum absolute atomic E-state index is 0.0197. The van der Waals surface area contributed by atoms with Crippen LogP contribution in [0.25, 0.3) is 0 Å². The number of piperidine rings is 1. The molecule has 2 aliphatic rings. The Kier molecular flexibility index (Phi) is 5.61.